The van der Waals surface area contributed by atoms with Crippen LogP contribution in [0.15, 0.2) is 18.2 Å². The van der Waals surface area contributed by atoms with Crippen molar-refractivity contribution in [2.75, 3.05) is 34.0 Å². The molecule has 5 nitrogen and oxygen atoms in total. The van der Waals surface area contributed by atoms with Gasteiger partial charge in [0.15, 0.2) is 11.5 Å². The van der Waals surface area contributed by atoms with Crippen LogP contribution in [0.3, 0.4) is 0 Å². The molecule has 2 atom stereocenters. The SMILES string of the molecule is COc1ccc(C(CO)NCC2CCCO2)cc1OC. The van der Waals surface area contributed by atoms with Gasteiger partial charge in [-0.05, 0) is 30.5 Å². The number of hydrogen-bond acceptors (Lipinski definition) is 5. The van der Waals surface area contributed by atoms with E-state index < -0.39 is 0 Å². The summed E-state index contributed by atoms with van der Waals surface area (Å²) in [7, 11) is 3.21. The zero-order valence-corrected chi connectivity index (χ0v) is 12.1. The smallest absolute Gasteiger partial charge is 0.161 e. The number of hydrogen-bond donors (Lipinski definition) is 2. The fourth-order valence-corrected chi connectivity index (χ4v) is 2.44. The molecule has 0 aromatic heterocycles. The summed E-state index contributed by atoms with van der Waals surface area (Å²) in [5.41, 5.74) is 0.975. The van der Waals surface area contributed by atoms with E-state index in [0.717, 1.165) is 31.6 Å². The summed E-state index contributed by atoms with van der Waals surface area (Å²) in [4.78, 5) is 0. The first kappa shape index (κ1) is 15.1. The molecule has 0 saturated carbocycles. The van der Waals surface area contributed by atoms with Crippen molar-refractivity contribution in [3.8, 4) is 11.5 Å². The van der Waals surface area contributed by atoms with Gasteiger partial charge >= 0.3 is 0 Å². The fourth-order valence-electron chi connectivity index (χ4n) is 2.44. The Bertz CT molecular complexity index is 418. The van der Waals surface area contributed by atoms with Crippen molar-refractivity contribution in [3.63, 3.8) is 0 Å². The second-order valence-electron chi connectivity index (χ2n) is 4.89. The number of rotatable bonds is 7. The van der Waals surface area contributed by atoms with Gasteiger partial charge in [-0.2, -0.15) is 0 Å². The standard InChI is InChI=1S/C15H23NO4/c1-18-14-6-5-11(8-15(14)19-2)13(10-17)16-9-12-4-3-7-20-12/h5-6,8,12-13,16-17H,3-4,7,9-10H2,1-2H3. The predicted octanol–water partition coefficient (Wildman–Crippen LogP) is 1.51. The lowest BCUT2D eigenvalue weighted by Crippen LogP contribution is -2.31. The Hall–Kier alpha value is -1.30. The Morgan fingerprint density at radius 1 is 1.35 bits per heavy atom. The lowest BCUT2D eigenvalue weighted by atomic mass is 10.1. The average molecular weight is 281 g/mol. The van der Waals surface area contributed by atoms with Gasteiger partial charge in [0.25, 0.3) is 0 Å². The molecular formula is C15H23NO4. The first-order valence-electron chi connectivity index (χ1n) is 6.96. The minimum atomic E-state index is -0.126. The van der Waals surface area contributed by atoms with Crippen LogP contribution < -0.4 is 14.8 Å². The van der Waals surface area contributed by atoms with Gasteiger partial charge in [0, 0.05) is 13.2 Å². The summed E-state index contributed by atoms with van der Waals surface area (Å²) >= 11 is 0. The van der Waals surface area contributed by atoms with E-state index >= 15 is 0 Å². The molecule has 0 radical (unpaired) electrons. The lowest BCUT2D eigenvalue weighted by molar-refractivity contribution is 0.104. The topological polar surface area (TPSA) is 60.0 Å². The Morgan fingerprint density at radius 3 is 2.75 bits per heavy atom. The van der Waals surface area contributed by atoms with Gasteiger partial charge < -0.3 is 24.6 Å². The third-order valence-electron chi connectivity index (χ3n) is 3.61. The minimum absolute atomic E-state index is 0.0300. The summed E-state index contributed by atoms with van der Waals surface area (Å²) in [6, 6.07) is 5.55. The van der Waals surface area contributed by atoms with E-state index in [0.29, 0.717) is 11.5 Å². The van der Waals surface area contributed by atoms with Crippen LogP contribution in [0.5, 0.6) is 11.5 Å². The molecule has 0 amide bonds. The third kappa shape index (κ3) is 3.62. The van der Waals surface area contributed by atoms with E-state index in [-0.39, 0.29) is 18.8 Å². The maximum Gasteiger partial charge on any atom is 0.161 e. The fraction of sp³-hybridized carbons (Fsp3) is 0.600. The van der Waals surface area contributed by atoms with Crippen LogP contribution in [0.1, 0.15) is 24.4 Å². The van der Waals surface area contributed by atoms with Gasteiger partial charge in [-0.25, -0.2) is 0 Å². The molecule has 1 saturated heterocycles. The van der Waals surface area contributed by atoms with E-state index in [4.69, 9.17) is 14.2 Å². The van der Waals surface area contributed by atoms with Crippen molar-refractivity contribution in [1.29, 1.82) is 0 Å². The number of ether oxygens (including phenoxy) is 3. The molecule has 1 heterocycles. The van der Waals surface area contributed by atoms with E-state index in [2.05, 4.69) is 5.32 Å². The molecule has 1 fully saturated rings. The number of aliphatic hydroxyl groups excluding tert-OH is 1. The number of nitrogens with one attached hydrogen (secondary N) is 1. The van der Waals surface area contributed by atoms with Crippen LogP contribution in [0, 0.1) is 0 Å². The zero-order valence-electron chi connectivity index (χ0n) is 12.1. The molecule has 2 N–H and O–H groups in total. The molecule has 1 aromatic rings. The van der Waals surface area contributed by atoms with E-state index in [1.807, 2.05) is 18.2 Å². The molecule has 0 aliphatic carbocycles. The third-order valence-corrected chi connectivity index (χ3v) is 3.61. The summed E-state index contributed by atoms with van der Waals surface area (Å²) in [6.45, 7) is 1.62. The highest BCUT2D eigenvalue weighted by Crippen LogP contribution is 2.30. The highest BCUT2D eigenvalue weighted by atomic mass is 16.5. The number of methoxy groups -OCH3 is 2. The van der Waals surface area contributed by atoms with Crippen LogP contribution in [0.25, 0.3) is 0 Å². The van der Waals surface area contributed by atoms with Gasteiger partial charge in [0.05, 0.1) is 33.0 Å². The van der Waals surface area contributed by atoms with Crippen LogP contribution >= 0.6 is 0 Å². The van der Waals surface area contributed by atoms with Crippen molar-refractivity contribution in [1.82, 2.24) is 5.32 Å². The van der Waals surface area contributed by atoms with Crippen molar-refractivity contribution >= 4 is 0 Å². The zero-order chi connectivity index (χ0) is 14.4. The monoisotopic (exact) mass is 281 g/mol. The van der Waals surface area contributed by atoms with Crippen LogP contribution in [-0.2, 0) is 4.74 Å². The molecule has 2 rings (SSSR count). The van der Waals surface area contributed by atoms with E-state index in [1.165, 1.54) is 0 Å². The highest BCUT2D eigenvalue weighted by molar-refractivity contribution is 5.43. The highest BCUT2D eigenvalue weighted by Gasteiger charge is 2.18. The van der Waals surface area contributed by atoms with E-state index in [1.54, 1.807) is 14.2 Å². The molecule has 5 heteroatoms. The second-order valence-corrected chi connectivity index (χ2v) is 4.89. The molecular weight excluding hydrogens is 258 g/mol. The Kier molecular flexibility index (Phi) is 5.64. The van der Waals surface area contributed by atoms with Gasteiger partial charge in [-0.3, -0.25) is 0 Å². The lowest BCUT2D eigenvalue weighted by Gasteiger charge is -2.20. The maximum atomic E-state index is 9.57. The summed E-state index contributed by atoms with van der Waals surface area (Å²) in [6.07, 6.45) is 2.45. The predicted molar refractivity (Wildman–Crippen MR) is 76.3 cm³/mol. The quantitative estimate of drug-likeness (QED) is 0.793. The van der Waals surface area contributed by atoms with Gasteiger partial charge in [-0.1, -0.05) is 6.07 Å². The minimum Gasteiger partial charge on any atom is -0.493 e. The normalized spacial score (nSPS) is 19.9. The van der Waals surface area contributed by atoms with Gasteiger partial charge in [0.1, 0.15) is 0 Å². The molecule has 2 unspecified atom stereocenters. The molecule has 1 aliphatic heterocycles. The Labute approximate surface area is 119 Å². The Balaban J connectivity index is 2.02. The molecule has 0 spiro atoms. The second kappa shape index (κ2) is 7.47. The summed E-state index contributed by atoms with van der Waals surface area (Å²) in [5.74, 6) is 1.36. The molecule has 1 aromatic carbocycles. The van der Waals surface area contributed by atoms with Crippen molar-refractivity contribution in [2.45, 2.75) is 25.0 Å². The molecule has 112 valence electrons. The number of benzene rings is 1. The van der Waals surface area contributed by atoms with Crippen LogP contribution in [0.4, 0.5) is 0 Å². The van der Waals surface area contributed by atoms with Crippen molar-refractivity contribution in [2.24, 2.45) is 0 Å². The maximum absolute atomic E-state index is 9.57. The van der Waals surface area contributed by atoms with Crippen molar-refractivity contribution in [3.05, 3.63) is 23.8 Å². The molecule has 1 aliphatic rings. The number of aliphatic hydroxyl groups is 1. The Morgan fingerprint density at radius 2 is 2.15 bits per heavy atom. The van der Waals surface area contributed by atoms with Crippen LogP contribution in [-0.4, -0.2) is 45.2 Å². The largest absolute Gasteiger partial charge is 0.493 e. The van der Waals surface area contributed by atoms with E-state index in [9.17, 15) is 5.11 Å². The molecule has 0 bridgehead atoms. The van der Waals surface area contributed by atoms with Crippen molar-refractivity contribution < 1.29 is 19.3 Å². The van der Waals surface area contributed by atoms with Crippen LogP contribution in [0.2, 0.25) is 0 Å². The molecule has 20 heavy (non-hydrogen) atoms. The summed E-state index contributed by atoms with van der Waals surface area (Å²) < 4.78 is 16.1. The first-order valence-corrected chi connectivity index (χ1v) is 6.96. The summed E-state index contributed by atoms with van der Waals surface area (Å²) in [5, 5.41) is 12.9. The average Bonchev–Trinajstić information content (AvgIpc) is 3.01. The van der Waals surface area contributed by atoms with Gasteiger partial charge in [0.2, 0.25) is 0 Å². The first-order chi connectivity index (χ1) is 9.78. The van der Waals surface area contributed by atoms with Gasteiger partial charge in [-0.15, -0.1) is 0 Å².